The molecule has 1 aromatic rings. The fourth-order valence-corrected chi connectivity index (χ4v) is 2.18. The van der Waals surface area contributed by atoms with Crippen LogP contribution in [0.15, 0.2) is 18.2 Å². The molecular formula is C12H14ClFN2O. The lowest BCUT2D eigenvalue weighted by Gasteiger charge is -2.22. The number of hydrogen-bond donors (Lipinski definition) is 2. The van der Waals surface area contributed by atoms with E-state index in [9.17, 15) is 9.18 Å². The Kier molecular flexibility index (Phi) is 3.35. The topological polar surface area (TPSA) is 55.1 Å². The van der Waals surface area contributed by atoms with Crippen molar-refractivity contribution in [3.05, 3.63) is 29.0 Å². The molecule has 0 bridgehead atoms. The molecule has 0 atom stereocenters. The predicted molar refractivity (Wildman–Crippen MR) is 65.4 cm³/mol. The number of nitrogens with two attached hydrogens (primary N) is 1. The van der Waals surface area contributed by atoms with Gasteiger partial charge in [-0.1, -0.05) is 24.4 Å². The number of rotatable bonds is 2. The van der Waals surface area contributed by atoms with E-state index in [0.717, 1.165) is 12.8 Å². The van der Waals surface area contributed by atoms with Crippen molar-refractivity contribution in [1.29, 1.82) is 0 Å². The smallest absolute Gasteiger partial charge is 0.244 e. The molecule has 1 aromatic carbocycles. The van der Waals surface area contributed by atoms with E-state index in [-0.39, 0.29) is 10.9 Å². The van der Waals surface area contributed by atoms with Crippen molar-refractivity contribution in [2.24, 2.45) is 5.73 Å². The first kappa shape index (κ1) is 12.3. The second kappa shape index (κ2) is 4.63. The highest BCUT2D eigenvalue weighted by Gasteiger charge is 2.36. The number of hydrogen-bond acceptors (Lipinski definition) is 2. The van der Waals surface area contributed by atoms with Crippen LogP contribution in [0.3, 0.4) is 0 Å². The quantitative estimate of drug-likeness (QED) is 0.855. The Morgan fingerprint density at radius 1 is 1.41 bits per heavy atom. The summed E-state index contributed by atoms with van der Waals surface area (Å²) in [5.74, 6) is -0.807. The van der Waals surface area contributed by atoms with Crippen LogP contribution in [0.25, 0.3) is 0 Å². The lowest BCUT2D eigenvalue weighted by molar-refractivity contribution is -0.121. The Morgan fingerprint density at radius 3 is 2.65 bits per heavy atom. The van der Waals surface area contributed by atoms with Crippen LogP contribution in [0.5, 0.6) is 0 Å². The van der Waals surface area contributed by atoms with Gasteiger partial charge in [-0.15, -0.1) is 0 Å². The number of anilines is 1. The van der Waals surface area contributed by atoms with E-state index in [1.165, 1.54) is 12.1 Å². The van der Waals surface area contributed by atoms with Crippen molar-refractivity contribution in [3.63, 3.8) is 0 Å². The minimum absolute atomic E-state index is 0.0336. The summed E-state index contributed by atoms with van der Waals surface area (Å²) in [7, 11) is 0. The number of nitrogens with one attached hydrogen (secondary N) is 1. The fourth-order valence-electron chi connectivity index (χ4n) is 2.06. The van der Waals surface area contributed by atoms with Crippen molar-refractivity contribution in [2.75, 3.05) is 5.32 Å². The fraction of sp³-hybridized carbons (Fsp3) is 0.417. The summed E-state index contributed by atoms with van der Waals surface area (Å²) >= 11 is 5.56. The van der Waals surface area contributed by atoms with Gasteiger partial charge >= 0.3 is 0 Å². The van der Waals surface area contributed by atoms with Crippen molar-refractivity contribution in [3.8, 4) is 0 Å². The zero-order valence-electron chi connectivity index (χ0n) is 9.30. The number of carbonyl (C=O) groups is 1. The van der Waals surface area contributed by atoms with Crippen LogP contribution < -0.4 is 11.1 Å². The maximum absolute atomic E-state index is 13.2. The second-order valence-electron chi connectivity index (χ2n) is 4.45. The number of carbonyl (C=O) groups excluding carboxylic acids is 1. The Labute approximate surface area is 104 Å². The summed E-state index contributed by atoms with van der Waals surface area (Å²) in [4.78, 5) is 11.9. The first-order chi connectivity index (χ1) is 8.01. The molecular weight excluding hydrogens is 243 g/mol. The molecule has 0 saturated heterocycles. The van der Waals surface area contributed by atoms with Crippen molar-refractivity contribution >= 4 is 23.2 Å². The van der Waals surface area contributed by atoms with Crippen molar-refractivity contribution in [2.45, 2.75) is 31.2 Å². The molecule has 1 aliphatic carbocycles. The van der Waals surface area contributed by atoms with Gasteiger partial charge in [0.2, 0.25) is 5.91 Å². The first-order valence-corrected chi connectivity index (χ1v) is 5.94. The molecule has 1 amide bonds. The van der Waals surface area contributed by atoms with E-state index in [2.05, 4.69) is 5.32 Å². The van der Waals surface area contributed by atoms with Crippen LogP contribution in [-0.4, -0.2) is 11.4 Å². The van der Waals surface area contributed by atoms with Gasteiger partial charge in [0.1, 0.15) is 5.82 Å². The average Bonchev–Trinajstić information content (AvgIpc) is 2.72. The molecule has 92 valence electrons. The Hall–Kier alpha value is -1.13. The lowest BCUT2D eigenvalue weighted by Crippen LogP contribution is -2.48. The number of halogens is 2. The summed E-state index contributed by atoms with van der Waals surface area (Å²) in [5.41, 5.74) is 5.56. The summed E-state index contributed by atoms with van der Waals surface area (Å²) in [5, 5.41) is 2.66. The Balaban J connectivity index is 2.10. The van der Waals surface area contributed by atoms with E-state index in [1.807, 2.05) is 0 Å². The summed E-state index contributed by atoms with van der Waals surface area (Å²) in [6.07, 6.45) is 3.27. The van der Waals surface area contributed by atoms with Gasteiger partial charge in [-0.2, -0.15) is 0 Å². The van der Waals surface area contributed by atoms with Gasteiger partial charge in [0.25, 0.3) is 0 Å². The van der Waals surface area contributed by atoms with Gasteiger partial charge in [0.15, 0.2) is 0 Å². The largest absolute Gasteiger partial charge is 0.324 e. The molecule has 3 nitrogen and oxygen atoms in total. The molecule has 1 aliphatic rings. The Morgan fingerprint density at radius 2 is 2.06 bits per heavy atom. The highest BCUT2D eigenvalue weighted by molar-refractivity contribution is 6.30. The van der Waals surface area contributed by atoms with Crippen LogP contribution >= 0.6 is 11.6 Å². The van der Waals surface area contributed by atoms with Crippen LogP contribution in [0.2, 0.25) is 5.02 Å². The van der Waals surface area contributed by atoms with E-state index in [4.69, 9.17) is 17.3 Å². The molecule has 5 heteroatoms. The third kappa shape index (κ3) is 2.58. The molecule has 0 heterocycles. The van der Waals surface area contributed by atoms with Gasteiger partial charge < -0.3 is 11.1 Å². The third-order valence-electron chi connectivity index (χ3n) is 3.13. The van der Waals surface area contributed by atoms with Gasteiger partial charge in [-0.3, -0.25) is 4.79 Å². The van der Waals surface area contributed by atoms with Gasteiger partial charge in [0, 0.05) is 5.69 Å². The Bertz CT molecular complexity index is 444. The van der Waals surface area contributed by atoms with Gasteiger partial charge in [0.05, 0.1) is 10.6 Å². The zero-order valence-corrected chi connectivity index (χ0v) is 10.1. The maximum Gasteiger partial charge on any atom is 0.244 e. The summed E-state index contributed by atoms with van der Waals surface area (Å²) in [6.45, 7) is 0. The van der Waals surface area contributed by atoms with Crippen LogP contribution in [-0.2, 0) is 4.79 Å². The second-order valence-corrected chi connectivity index (χ2v) is 4.85. The van der Waals surface area contributed by atoms with E-state index in [1.54, 1.807) is 6.07 Å². The maximum atomic E-state index is 13.2. The highest BCUT2D eigenvalue weighted by Crippen LogP contribution is 2.28. The molecule has 1 fully saturated rings. The van der Waals surface area contributed by atoms with E-state index >= 15 is 0 Å². The van der Waals surface area contributed by atoms with Gasteiger partial charge in [-0.25, -0.2) is 4.39 Å². The minimum Gasteiger partial charge on any atom is -0.324 e. The summed E-state index contributed by atoms with van der Waals surface area (Å²) < 4.78 is 13.2. The van der Waals surface area contributed by atoms with E-state index in [0.29, 0.717) is 18.5 Å². The lowest BCUT2D eigenvalue weighted by atomic mass is 9.98. The third-order valence-corrected chi connectivity index (χ3v) is 3.43. The summed E-state index contributed by atoms with van der Waals surface area (Å²) in [6, 6.07) is 4.16. The predicted octanol–water partition coefficient (Wildman–Crippen LogP) is 2.69. The molecule has 3 N–H and O–H groups in total. The zero-order chi connectivity index (χ0) is 12.5. The minimum atomic E-state index is -0.809. The van der Waals surface area contributed by atoms with Crippen molar-refractivity contribution in [1.82, 2.24) is 0 Å². The van der Waals surface area contributed by atoms with Crippen LogP contribution in [0.4, 0.5) is 10.1 Å². The average molecular weight is 257 g/mol. The van der Waals surface area contributed by atoms with E-state index < -0.39 is 11.4 Å². The monoisotopic (exact) mass is 256 g/mol. The first-order valence-electron chi connectivity index (χ1n) is 5.57. The molecule has 17 heavy (non-hydrogen) atoms. The number of amides is 1. The molecule has 0 unspecified atom stereocenters. The molecule has 0 radical (unpaired) electrons. The molecule has 0 spiro atoms. The van der Waals surface area contributed by atoms with Crippen LogP contribution in [0.1, 0.15) is 25.7 Å². The molecule has 2 rings (SSSR count). The SMILES string of the molecule is NC1(C(=O)Nc2ccc(Cl)c(F)c2)CCCC1. The number of benzene rings is 1. The highest BCUT2D eigenvalue weighted by atomic mass is 35.5. The van der Waals surface area contributed by atoms with Crippen molar-refractivity contribution < 1.29 is 9.18 Å². The van der Waals surface area contributed by atoms with Gasteiger partial charge in [-0.05, 0) is 31.0 Å². The molecule has 0 aliphatic heterocycles. The molecule has 0 aromatic heterocycles. The normalized spacial score (nSPS) is 18.1. The standard InChI is InChI=1S/C12H14ClFN2O/c13-9-4-3-8(7-10(9)14)16-11(17)12(15)5-1-2-6-12/h3-4,7H,1-2,5-6,15H2,(H,16,17). The van der Waals surface area contributed by atoms with Crippen LogP contribution in [0, 0.1) is 5.82 Å². The molecule has 1 saturated carbocycles.